The normalized spacial score (nSPS) is 22.0. The zero-order valence-corrected chi connectivity index (χ0v) is 17.8. The summed E-state index contributed by atoms with van der Waals surface area (Å²) in [5.74, 6) is 0.625. The van der Waals surface area contributed by atoms with E-state index in [0.717, 1.165) is 42.6 Å². The minimum atomic E-state index is -0.500. The molecule has 1 aliphatic carbocycles. The Morgan fingerprint density at radius 2 is 1.93 bits per heavy atom. The molecular weight excluding hydrogens is 368 g/mol. The molecule has 0 radical (unpaired) electrons. The third-order valence-electron chi connectivity index (χ3n) is 6.09. The number of amides is 1. The van der Waals surface area contributed by atoms with Gasteiger partial charge in [0.2, 0.25) is 5.91 Å². The molecule has 2 aromatic rings. The van der Waals surface area contributed by atoms with Gasteiger partial charge in [-0.3, -0.25) is 4.79 Å². The lowest BCUT2D eigenvalue weighted by Crippen LogP contribution is -2.45. The van der Waals surface area contributed by atoms with Crippen LogP contribution in [0.3, 0.4) is 0 Å². The van der Waals surface area contributed by atoms with Gasteiger partial charge >= 0.3 is 0 Å². The number of hydrogen-bond acceptors (Lipinski definition) is 4. The van der Waals surface area contributed by atoms with Crippen LogP contribution in [-0.2, 0) is 11.2 Å². The van der Waals surface area contributed by atoms with E-state index in [-0.39, 0.29) is 5.91 Å². The third-order valence-corrected chi connectivity index (χ3v) is 6.81. The lowest BCUT2D eigenvalue weighted by Gasteiger charge is -2.38. The van der Waals surface area contributed by atoms with E-state index in [0.29, 0.717) is 12.5 Å². The van der Waals surface area contributed by atoms with Crippen molar-refractivity contribution in [2.24, 2.45) is 11.1 Å². The summed E-state index contributed by atoms with van der Waals surface area (Å²) in [6.45, 7) is 0. The molecule has 1 aliphatic rings. The number of hydrogen-bond donors (Lipinski definition) is 2. The van der Waals surface area contributed by atoms with Crippen molar-refractivity contribution >= 4 is 17.7 Å². The first-order valence-corrected chi connectivity index (χ1v) is 11.0. The summed E-state index contributed by atoms with van der Waals surface area (Å²) in [5.41, 5.74) is 8.77. The number of ether oxygens (including phenoxy) is 1. The van der Waals surface area contributed by atoms with Crippen LogP contribution in [0.4, 0.5) is 0 Å². The van der Waals surface area contributed by atoms with E-state index in [2.05, 4.69) is 48.0 Å². The Balaban J connectivity index is 1.94. The van der Waals surface area contributed by atoms with Gasteiger partial charge in [0.05, 0.1) is 12.5 Å². The van der Waals surface area contributed by atoms with E-state index >= 15 is 0 Å². The molecular formula is C23H30N2O2S. The molecule has 1 fully saturated rings. The maximum atomic E-state index is 12.5. The van der Waals surface area contributed by atoms with E-state index in [9.17, 15) is 4.79 Å². The Bertz CT molecular complexity index is 829. The second-order valence-corrected chi connectivity index (χ2v) is 8.52. The maximum Gasteiger partial charge on any atom is 0.223 e. The molecule has 0 spiro atoms. The van der Waals surface area contributed by atoms with Crippen LogP contribution in [0.15, 0.2) is 47.4 Å². The first-order chi connectivity index (χ1) is 13.5. The summed E-state index contributed by atoms with van der Waals surface area (Å²) < 4.78 is 5.62. The highest BCUT2D eigenvalue weighted by Crippen LogP contribution is 2.41. The third kappa shape index (κ3) is 4.36. The van der Waals surface area contributed by atoms with Crippen LogP contribution >= 0.6 is 11.8 Å². The molecule has 5 heteroatoms. The van der Waals surface area contributed by atoms with Crippen LogP contribution in [0.5, 0.6) is 5.75 Å². The molecule has 0 unspecified atom stereocenters. The molecule has 3 rings (SSSR count). The van der Waals surface area contributed by atoms with Gasteiger partial charge in [0.1, 0.15) is 5.75 Å². The van der Waals surface area contributed by atoms with Crippen molar-refractivity contribution in [1.82, 2.24) is 5.32 Å². The molecule has 0 aromatic heterocycles. The topological polar surface area (TPSA) is 64.3 Å². The minimum absolute atomic E-state index is 0.195. The van der Waals surface area contributed by atoms with Crippen molar-refractivity contribution in [1.29, 1.82) is 0 Å². The summed E-state index contributed by atoms with van der Waals surface area (Å²) in [4.78, 5) is 13.7. The van der Waals surface area contributed by atoms with Crippen molar-refractivity contribution in [3.63, 3.8) is 0 Å². The first kappa shape index (κ1) is 20.7. The van der Waals surface area contributed by atoms with Crippen molar-refractivity contribution in [3.8, 4) is 16.9 Å². The predicted molar refractivity (Wildman–Crippen MR) is 117 cm³/mol. The Morgan fingerprint density at radius 3 is 2.54 bits per heavy atom. The average Bonchev–Trinajstić information content (AvgIpc) is 2.74. The first-order valence-electron chi connectivity index (χ1n) is 9.80. The van der Waals surface area contributed by atoms with Crippen LogP contribution in [0.1, 0.15) is 31.2 Å². The molecule has 0 bridgehead atoms. The summed E-state index contributed by atoms with van der Waals surface area (Å²) in [6, 6.07) is 15.2. The molecule has 4 nitrogen and oxygen atoms in total. The molecule has 1 saturated carbocycles. The molecule has 1 amide bonds. The van der Waals surface area contributed by atoms with Crippen molar-refractivity contribution in [2.45, 2.75) is 43.0 Å². The fourth-order valence-electron chi connectivity index (χ4n) is 4.23. The number of carbonyl (C=O) groups excluding carboxylic acids is 1. The SMILES string of the molecule is CNC1CCC(Cc2cc(-c3cccc(SC)c3)ccc2OC)(C(N)=O)CC1. The quantitative estimate of drug-likeness (QED) is 0.684. The lowest BCUT2D eigenvalue weighted by molar-refractivity contribution is -0.129. The summed E-state index contributed by atoms with van der Waals surface area (Å²) in [7, 11) is 3.67. The van der Waals surface area contributed by atoms with Gasteiger partial charge in [-0.15, -0.1) is 11.8 Å². The molecule has 0 saturated heterocycles. The second kappa shape index (κ2) is 9.01. The van der Waals surface area contributed by atoms with E-state index < -0.39 is 5.41 Å². The smallest absolute Gasteiger partial charge is 0.223 e. The number of benzene rings is 2. The van der Waals surface area contributed by atoms with Crippen molar-refractivity contribution in [2.75, 3.05) is 20.4 Å². The number of primary amides is 1. The number of carbonyl (C=O) groups is 1. The Morgan fingerprint density at radius 1 is 1.21 bits per heavy atom. The van der Waals surface area contributed by atoms with E-state index in [4.69, 9.17) is 10.5 Å². The molecule has 0 aliphatic heterocycles. The largest absolute Gasteiger partial charge is 0.496 e. The molecule has 28 heavy (non-hydrogen) atoms. The number of nitrogens with one attached hydrogen (secondary N) is 1. The number of rotatable bonds is 7. The molecule has 150 valence electrons. The standard InChI is InChI=1S/C23H30N2O2S/c1-25-19-9-11-23(12-10-19,22(24)26)15-18-13-17(7-8-21(18)27-2)16-5-4-6-20(14-16)28-3/h4-8,13-14,19,25H,9-12,15H2,1-3H3,(H2,24,26). The summed E-state index contributed by atoms with van der Waals surface area (Å²) >= 11 is 1.73. The Labute approximate surface area is 172 Å². The number of thioether (sulfide) groups is 1. The van der Waals surface area contributed by atoms with Gasteiger partial charge in [0.25, 0.3) is 0 Å². The second-order valence-electron chi connectivity index (χ2n) is 7.64. The van der Waals surface area contributed by atoms with Crippen molar-refractivity contribution in [3.05, 3.63) is 48.0 Å². The fraction of sp³-hybridized carbons (Fsp3) is 0.435. The van der Waals surface area contributed by atoms with Crippen molar-refractivity contribution < 1.29 is 9.53 Å². The van der Waals surface area contributed by atoms with Gasteiger partial charge in [0, 0.05) is 10.9 Å². The summed E-state index contributed by atoms with van der Waals surface area (Å²) in [5, 5.41) is 3.33. The van der Waals surface area contributed by atoms with Crippen LogP contribution in [0, 0.1) is 5.41 Å². The Hall–Kier alpha value is -1.98. The molecule has 0 heterocycles. The van der Waals surface area contributed by atoms with Crippen LogP contribution in [0.2, 0.25) is 0 Å². The highest BCUT2D eigenvalue weighted by atomic mass is 32.2. The van der Waals surface area contributed by atoms with Gasteiger partial charge in [-0.05, 0) is 86.4 Å². The molecule has 3 N–H and O–H groups in total. The van der Waals surface area contributed by atoms with Gasteiger partial charge < -0.3 is 15.8 Å². The highest BCUT2D eigenvalue weighted by Gasteiger charge is 2.40. The molecule has 0 atom stereocenters. The zero-order chi connectivity index (χ0) is 20.1. The predicted octanol–water partition coefficient (Wildman–Crippen LogP) is 4.26. The average molecular weight is 399 g/mol. The Kier molecular flexibility index (Phi) is 6.68. The van der Waals surface area contributed by atoms with Crippen LogP contribution < -0.4 is 15.8 Å². The minimum Gasteiger partial charge on any atom is -0.496 e. The fourth-order valence-corrected chi connectivity index (χ4v) is 4.69. The monoisotopic (exact) mass is 398 g/mol. The zero-order valence-electron chi connectivity index (χ0n) is 17.0. The van der Waals surface area contributed by atoms with Gasteiger partial charge in [-0.25, -0.2) is 0 Å². The van der Waals surface area contributed by atoms with E-state index in [1.54, 1.807) is 18.9 Å². The lowest BCUT2D eigenvalue weighted by atomic mass is 9.68. The van der Waals surface area contributed by atoms with Crippen LogP contribution in [-0.4, -0.2) is 32.4 Å². The highest BCUT2D eigenvalue weighted by molar-refractivity contribution is 7.98. The van der Waals surface area contributed by atoms with Crippen LogP contribution in [0.25, 0.3) is 11.1 Å². The maximum absolute atomic E-state index is 12.5. The summed E-state index contributed by atoms with van der Waals surface area (Å²) in [6.07, 6.45) is 6.26. The van der Waals surface area contributed by atoms with Gasteiger partial charge in [-0.2, -0.15) is 0 Å². The number of methoxy groups -OCH3 is 1. The van der Waals surface area contributed by atoms with Gasteiger partial charge in [-0.1, -0.05) is 18.2 Å². The molecule has 2 aromatic carbocycles. The van der Waals surface area contributed by atoms with Gasteiger partial charge in [0.15, 0.2) is 0 Å². The van der Waals surface area contributed by atoms with E-state index in [1.807, 2.05) is 13.1 Å². The van der Waals surface area contributed by atoms with E-state index in [1.165, 1.54) is 10.5 Å². The number of nitrogens with two attached hydrogens (primary N) is 1.